The van der Waals surface area contributed by atoms with E-state index in [1.807, 2.05) is 30.3 Å². The molecule has 0 aliphatic carbocycles. The summed E-state index contributed by atoms with van der Waals surface area (Å²) >= 11 is 0. The molecule has 1 saturated heterocycles. The van der Waals surface area contributed by atoms with Crippen molar-refractivity contribution < 1.29 is 9.53 Å². The zero-order valence-electron chi connectivity index (χ0n) is 12.7. The molecular formula is C17H25NO2. The molecule has 0 bridgehead atoms. The van der Waals surface area contributed by atoms with Gasteiger partial charge in [-0.1, -0.05) is 44.2 Å². The fraction of sp³-hybridized carbons (Fsp3) is 0.588. The van der Waals surface area contributed by atoms with Crippen molar-refractivity contribution in [3.63, 3.8) is 0 Å². The average Bonchev–Trinajstić information content (AvgIpc) is 2.44. The predicted molar refractivity (Wildman–Crippen MR) is 80.6 cm³/mol. The maximum absolute atomic E-state index is 12.1. The molecule has 0 N–H and O–H groups in total. The molecule has 1 aromatic rings. The van der Waals surface area contributed by atoms with Crippen LogP contribution in [0.5, 0.6) is 0 Å². The Balaban J connectivity index is 2.10. The summed E-state index contributed by atoms with van der Waals surface area (Å²) in [4.78, 5) is 14.5. The fourth-order valence-corrected chi connectivity index (χ4v) is 3.34. The van der Waals surface area contributed by atoms with E-state index in [-0.39, 0.29) is 11.9 Å². The van der Waals surface area contributed by atoms with Gasteiger partial charge in [0.25, 0.3) is 0 Å². The van der Waals surface area contributed by atoms with Crippen LogP contribution in [0.25, 0.3) is 0 Å². The van der Waals surface area contributed by atoms with Crippen LogP contribution in [0.2, 0.25) is 0 Å². The van der Waals surface area contributed by atoms with Gasteiger partial charge >= 0.3 is 5.97 Å². The van der Waals surface area contributed by atoms with Gasteiger partial charge in [0.1, 0.15) is 0 Å². The number of carbonyl (C=O) groups excluding carboxylic acids is 1. The molecule has 3 heteroatoms. The van der Waals surface area contributed by atoms with Crippen LogP contribution in [0.3, 0.4) is 0 Å². The highest BCUT2D eigenvalue weighted by atomic mass is 16.5. The Kier molecular flexibility index (Phi) is 5.18. The standard InChI is InChI=1S/C17H25NO2/c1-13-9-14(2)11-18(10-13)12-16(17(19)20-3)15-7-5-4-6-8-15/h4-8,13-14,16H,9-12H2,1-3H3. The predicted octanol–water partition coefficient (Wildman–Crippen LogP) is 2.92. The van der Waals surface area contributed by atoms with E-state index in [0.29, 0.717) is 11.8 Å². The Morgan fingerprint density at radius 1 is 1.25 bits per heavy atom. The van der Waals surface area contributed by atoms with Gasteiger partial charge in [0.2, 0.25) is 0 Å². The quantitative estimate of drug-likeness (QED) is 0.791. The normalized spacial score (nSPS) is 25.1. The molecule has 110 valence electrons. The summed E-state index contributed by atoms with van der Waals surface area (Å²) in [5, 5.41) is 0. The van der Waals surface area contributed by atoms with E-state index < -0.39 is 0 Å². The number of nitrogens with zero attached hydrogens (tertiary/aromatic N) is 1. The highest BCUT2D eigenvalue weighted by Gasteiger charge is 2.28. The monoisotopic (exact) mass is 275 g/mol. The number of esters is 1. The summed E-state index contributed by atoms with van der Waals surface area (Å²) in [5.74, 6) is 1.08. The van der Waals surface area contributed by atoms with Crippen LogP contribution in [0.4, 0.5) is 0 Å². The summed E-state index contributed by atoms with van der Waals surface area (Å²) in [6.45, 7) is 7.48. The molecule has 2 rings (SSSR count). The molecular weight excluding hydrogens is 250 g/mol. The molecule has 20 heavy (non-hydrogen) atoms. The minimum absolute atomic E-state index is 0.137. The second-order valence-electron chi connectivity index (χ2n) is 6.15. The van der Waals surface area contributed by atoms with Crippen LogP contribution in [0.1, 0.15) is 31.7 Å². The number of methoxy groups -OCH3 is 1. The Hall–Kier alpha value is -1.35. The average molecular weight is 275 g/mol. The van der Waals surface area contributed by atoms with Gasteiger partial charge in [0.05, 0.1) is 13.0 Å². The Morgan fingerprint density at radius 3 is 2.40 bits per heavy atom. The summed E-state index contributed by atoms with van der Waals surface area (Å²) in [7, 11) is 1.47. The molecule has 1 heterocycles. The van der Waals surface area contributed by atoms with Crippen molar-refractivity contribution in [2.45, 2.75) is 26.2 Å². The third kappa shape index (κ3) is 3.83. The second-order valence-corrected chi connectivity index (χ2v) is 6.15. The van der Waals surface area contributed by atoms with E-state index in [1.54, 1.807) is 0 Å². The minimum atomic E-state index is -0.182. The van der Waals surface area contributed by atoms with Crippen molar-refractivity contribution in [2.24, 2.45) is 11.8 Å². The largest absolute Gasteiger partial charge is 0.469 e. The van der Waals surface area contributed by atoms with Crippen molar-refractivity contribution in [1.82, 2.24) is 4.90 Å². The molecule has 1 fully saturated rings. The summed E-state index contributed by atoms with van der Waals surface area (Å²) < 4.78 is 5.00. The first-order valence-corrected chi connectivity index (χ1v) is 7.45. The van der Waals surface area contributed by atoms with Crippen LogP contribution in [0, 0.1) is 11.8 Å². The molecule has 1 aromatic carbocycles. The van der Waals surface area contributed by atoms with Crippen LogP contribution in [-0.4, -0.2) is 37.6 Å². The lowest BCUT2D eigenvalue weighted by molar-refractivity contribution is -0.143. The number of piperidine rings is 1. The number of carbonyl (C=O) groups is 1. The number of ether oxygens (including phenoxy) is 1. The van der Waals surface area contributed by atoms with E-state index in [4.69, 9.17) is 4.74 Å². The lowest BCUT2D eigenvalue weighted by Crippen LogP contribution is -2.42. The maximum Gasteiger partial charge on any atom is 0.314 e. The zero-order valence-corrected chi connectivity index (χ0v) is 12.7. The number of hydrogen-bond acceptors (Lipinski definition) is 3. The fourth-order valence-electron chi connectivity index (χ4n) is 3.34. The highest BCUT2D eigenvalue weighted by molar-refractivity contribution is 5.78. The van der Waals surface area contributed by atoms with Crippen molar-refractivity contribution in [3.8, 4) is 0 Å². The van der Waals surface area contributed by atoms with E-state index in [2.05, 4.69) is 18.7 Å². The molecule has 3 nitrogen and oxygen atoms in total. The SMILES string of the molecule is COC(=O)C(CN1CC(C)CC(C)C1)c1ccccc1. The summed E-state index contributed by atoms with van der Waals surface area (Å²) in [5.41, 5.74) is 1.05. The molecule has 0 radical (unpaired) electrons. The lowest BCUT2D eigenvalue weighted by atomic mass is 9.90. The first kappa shape index (κ1) is 15.0. The maximum atomic E-state index is 12.1. The molecule has 3 atom stereocenters. The Labute approximate surface area is 121 Å². The lowest BCUT2D eigenvalue weighted by Gasteiger charge is -2.36. The number of rotatable bonds is 4. The van der Waals surface area contributed by atoms with E-state index in [1.165, 1.54) is 13.5 Å². The molecule has 0 spiro atoms. The van der Waals surface area contributed by atoms with Crippen LogP contribution >= 0.6 is 0 Å². The first-order chi connectivity index (χ1) is 9.60. The summed E-state index contributed by atoms with van der Waals surface area (Å²) in [6, 6.07) is 9.96. The van der Waals surface area contributed by atoms with Gasteiger partial charge in [-0.25, -0.2) is 0 Å². The van der Waals surface area contributed by atoms with Gasteiger partial charge in [-0.3, -0.25) is 4.79 Å². The third-order valence-electron chi connectivity index (χ3n) is 4.07. The third-order valence-corrected chi connectivity index (χ3v) is 4.07. The van der Waals surface area contributed by atoms with Crippen LogP contribution in [-0.2, 0) is 9.53 Å². The van der Waals surface area contributed by atoms with Crippen molar-refractivity contribution in [3.05, 3.63) is 35.9 Å². The van der Waals surface area contributed by atoms with Gasteiger partial charge in [-0.15, -0.1) is 0 Å². The van der Waals surface area contributed by atoms with E-state index in [9.17, 15) is 4.79 Å². The summed E-state index contributed by atoms with van der Waals surface area (Å²) in [6.07, 6.45) is 1.28. The van der Waals surface area contributed by atoms with Crippen LogP contribution < -0.4 is 0 Å². The molecule has 3 unspecified atom stereocenters. The molecule has 1 aliphatic heterocycles. The van der Waals surface area contributed by atoms with Crippen LogP contribution in [0.15, 0.2) is 30.3 Å². The van der Waals surface area contributed by atoms with E-state index >= 15 is 0 Å². The molecule has 0 saturated carbocycles. The number of hydrogen-bond donors (Lipinski definition) is 0. The van der Waals surface area contributed by atoms with Crippen molar-refractivity contribution in [2.75, 3.05) is 26.7 Å². The van der Waals surface area contributed by atoms with E-state index in [0.717, 1.165) is 25.2 Å². The number of likely N-dealkylation sites (tertiary alicyclic amines) is 1. The van der Waals surface area contributed by atoms with Gasteiger partial charge in [0, 0.05) is 19.6 Å². The molecule has 0 amide bonds. The second kappa shape index (κ2) is 6.89. The smallest absolute Gasteiger partial charge is 0.314 e. The van der Waals surface area contributed by atoms with Gasteiger partial charge in [0.15, 0.2) is 0 Å². The first-order valence-electron chi connectivity index (χ1n) is 7.45. The van der Waals surface area contributed by atoms with Gasteiger partial charge in [-0.2, -0.15) is 0 Å². The minimum Gasteiger partial charge on any atom is -0.469 e. The number of benzene rings is 1. The van der Waals surface area contributed by atoms with Crippen molar-refractivity contribution >= 4 is 5.97 Å². The molecule has 0 aromatic heterocycles. The van der Waals surface area contributed by atoms with Gasteiger partial charge in [-0.05, 0) is 23.8 Å². The Morgan fingerprint density at radius 2 is 1.85 bits per heavy atom. The Bertz CT molecular complexity index is 422. The van der Waals surface area contributed by atoms with Gasteiger partial charge < -0.3 is 9.64 Å². The highest BCUT2D eigenvalue weighted by Crippen LogP contribution is 2.25. The zero-order chi connectivity index (χ0) is 14.5. The van der Waals surface area contributed by atoms with Crippen molar-refractivity contribution in [1.29, 1.82) is 0 Å². The topological polar surface area (TPSA) is 29.5 Å². The molecule has 1 aliphatic rings.